The van der Waals surface area contributed by atoms with E-state index in [1.165, 1.54) is 16.2 Å². The minimum atomic E-state index is -1.98. The molecule has 0 spiro atoms. The zero-order valence-corrected chi connectivity index (χ0v) is 17.4. The minimum absolute atomic E-state index is 0.211. The molecule has 2 heterocycles. The number of rotatable bonds is 5. The van der Waals surface area contributed by atoms with Gasteiger partial charge in [0.1, 0.15) is 17.3 Å². The zero-order valence-electron chi connectivity index (χ0n) is 16.6. The third-order valence-electron chi connectivity index (χ3n) is 5.64. The average Bonchev–Trinajstić information content (AvgIpc) is 3.39. The Morgan fingerprint density at radius 3 is 2.35 bits per heavy atom. The zero-order chi connectivity index (χ0) is 21.4. The van der Waals surface area contributed by atoms with Gasteiger partial charge in [-0.1, -0.05) is 60.7 Å². The molecule has 0 bridgehead atoms. The number of H-pyrrole nitrogens is 1. The molecule has 156 valence electrons. The Balaban J connectivity index is 1.45. The maximum Gasteiger partial charge on any atom is 0.348 e. The first-order valence-electron chi connectivity index (χ1n) is 10.1. The molecule has 1 aliphatic rings. The number of aromatic amines is 1. The number of thiophene rings is 1. The van der Waals surface area contributed by atoms with Crippen LogP contribution in [0.2, 0.25) is 0 Å². The van der Waals surface area contributed by atoms with E-state index in [-0.39, 0.29) is 18.0 Å². The number of benzene rings is 2. The van der Waals surface area contributed by atoms with Crippen LogP contribution in [0, 0.1) is 0 Å². The topological polar surface area (TPSA) is 92.3 Å². The van der Waals surface area contributed by atoms with E-state index in [0.29, 0.717) is 21.3 Å². The monoisotopic (exact) mass is 432 g/mol. The molecule has 7 heteroatoms. The van der Waals surface area contributed by atoms with E-state index in [2.05, 4.69) is 9.97 Å². The van der Waals surface area contributed by atoms with Crippen molar-refractivity contribution in [3.63, 3.8) is 0 Å². The van der Waals surface area contributed by atoms with E-state index in [4.69, 9.17) is 4.74 Å². The summed E-state index contributed by atoms with van der Waals surface area (Å²) in [6.45, 7) is -0.242. The molecule has 2 N–H and O–H groups in total. The lowest BCUT2D eigenvalue weighted by atomic mass is 9.86. The number of nitrogens with one attached hydrogen (secondary N) is 1. The number of aliphatic hydroxyl groups is 1. The van der Waals surface area contributed by atoms with E-state index in [1.807, 2.05) is 12.1 Å². The summed E-state index contributed by atoms with van der Waals surface area (Å²) in [4.78, 5) is 34.9. The number of aromatic nitrogens is 2. The molecule has 2 aromatic heterocycles. The predicted molar refractivity (Wildman–Crippen MR) is 118 cm³/mol. The number of hydrogen-bond donors (Lipinski definition) is 2. The summed E-state index contributed by atoms with van der Waals surface area (Å²) in [5.41, 5.74) is -0.288. The van der Waals surface area contributed by atoms with Crippen molar-refractivity contribution >= 4 is 27.5 Å². The van der Waals surface area contributed by atoms with Gasteiger partial charge in [0.15, 0.2) is 0 Å². The highest BCUT2D eigenvalue weighted by atomic mass is 32.1. The molecule has 1 aliphatic carbocycles. The smallest absolute Gasteiger partial charge is 0.348 e. The SMILES string of the molecule is O=C(OCc1nc2sc3c(c2c(=O)[nH]1)CCC3)C(O)(c1ccccc1)c1ccccc1. The van der Waals surface area contributed by atoms with Crippen molar-refractivity contribution < 1.29 is 14.6 Å². The Morgan fingerprint density at radius 1 is 1.06 bits per heavy atom. The third kappa shape index (κ3) is 3.36. The second-order valence-corrected chi connectivity index (χ2v) is 8.65. The van der Waals surface area contributed by atoms with E-state index < -0.39 is 11.6 Å². The number of esters is 1. The van der Waals surface area contributed by atoms with Crippen molar-refractivity contribution in [1.82, 2.24) is 9.97 Å². The molecule has 0 amide bonds. The normalized spacial score (nSPS) is 13.3. The fourth-order valence-corrected chi connectivity index (χ4v) is 5.40. The van der Waals surface area contributed by atoms with Crippen molar-refractivity contribution in [2.45, 2.75) is 31.5 Å². The van der Waals surface area contributed by atoms with Crippen LogP contribution < -0.4 is 5.56 Å². The summed E-state index contributed by atoms with van der Waals surface area (Å²) in [7, 11) is 0. The molecule has 0 aliphatic heterocycles. The van der Waals surface area contributed by atoms with Crippen LogP contribution in [0.4, 0.5) is 0 Å². The molecule has 0 saturated heterocycles. The molecule has 0 unspecified atom stereocenters. The molecule has 0 radical (unpaired) electrons. The number of carbonyl (C=O) groups excluding carboxylic acids is 1. The van der Waals surface area contributed by atoms with E-state index in [9.17, 15) is 14.7 Å². The van der Waals surface area contributed by atoms with Crippen LogP contribution in [0.3, 0.4) is 0 Å². The van der Waals surface area contributed by atoms with Gasteiger partial charge in [-0.25, -0.2) is 9.78 Å². The highest BCUT2D eigenvalue weighted by Gasteiger charge is 2.41. The number of aryl methyl sites for hydroxylation is 2. The summed E-state index contributed by atoms with van der Waals surface area (Å²) < 4.78 is 5.47. The summed E-state index contributed by atoms with van der Waals surface area (Å²) in [5.74, 6) is -0.574. The van der Waals surface area contributed by atoms with Crippen molar-refractivity contribution in [3.8, 4) is 0 Å². The highest BCUT2D eigenvalue weighted by molar-refractivity contribution is 7.18. The number of ether oxygens (including phenoxy) is 1. The lowest BCUT2D eigenvalue weighted by Crippen LogP contribution is -2.38. The van der Waals surface area contributed by atoms with Gasteiger partial charge in [-0.15, -0.1) is 11.3 Å². The number of fused-ring (bicyclic) bond motifs is 3. The molecule has 6 nitrogen and oxygen atoms in total. The standard InChI is InChI=1S/C24H20N2O4S/c27-21-20-17-12-7-13-18(17)31-22(20)26-19(25-21)14-30-23(28)24(29,15-8-3-1-4-9-15)16-10-5-2-6-11-16/h1-6,8-11,29H,7,12-14H2,(H,25,26,27). The number of nitrogens with zero attached hydrogens (tertiary/aromatic N) is 1. The van der Waals surface area contributed by atoms with Gasteiger partial charge in [0, 0.05) is 4.88 Å². The van der Waals surface area contributed by atoms with Crippen LogP contribution in [0.25, 0.3) is 10.2 Å². The van der Waals surface area contributed by atoms with Gasteiger partial charge in [0.2, 0.25) is 5.60 Å². The van der Waals surface area contributed by atoms with E-state index >= 15 is 0 Å². The Bertz CT molecular complexity index is 1270. The second kappa shape index (κ2) is 7.76. The molecule has 0 saturated carbocycles. The van der Waals surface area contributed by atoms with E-state index in [1.54, 1.807) is 48.5 Å². The maximum atomic E-state index is 13.1. The summed E-state index contributed by atoms with van der Waals surface area (Å²) in [6.07, 6.45) is 2.93. The van der Waals surface area contributed by atoms with Gasteiger partial charge in [-0.2, -0.15) is 0 Å². The molecule has 2 aromatic carbocycles. The van der Waals surface area contributed by atoms with Gasteiger partial charge in [0.05, 0.1) is 5.39 Å². The number of carbonyl (C=O) groups is 1. The molecule has 5 rings (SSSR count). The predicted octanol–water partition coefficient (Wildman–Crippen LogP) is 3.45. The molecule has 4 aromatic rings. The average molecular weight is 433 g/mol. The Morgan fingerprint density at radius 2 is 1.71 bits per heavy atom. The van der Waals surface area contributed by atoms with Crippen LogP contribution in [-0.2, 0) is 34.6 Å². The van der Waals surface area contributed by atoms with Crippen LogP contribution in [0.5, 0.6) is 0 Å². The van der Waals surface area contributed by atoms with Crippen LogP contribution in [0.1, 0.15) is 33.8 Å². The molecule has 31 heavy (non-hydrogen) atoms. The lowest BCUT2D eigenvalue weighted by molar-refractivity contribution is -0.163. The van der Waals surface area contributed by atoms with Gasteiger partial charge in [-0.05, 0) is 36.0 Å². The lowest BCUT2D eigenvalue weighted by Gasteiger charge is -2.27. The Kier molecular flexibility index (Phi) is 4.92. The van der Waals surface area contributed by atoms with Gasteiger partial charge < -0.3 is 14.8 Å². The molecule has 0 fully saturated rings. The first-order chi connectivity index (χ1) is 15.1. The molecular formula is C24H20N2O4S. The van der Waals surface area contributed by atoms with Crippen molar-refractivity contribution in [2.24, 2.45) is 0 Å². The fraction of sp³-hybridized carbons (Fsp3) is 0.208. The summed E-state index contributed by atoms with van der Waals surface area (Å²) >= 11 is 1.53. The van der Waals surface area contributed by atoms with Crippen LogP contribution in [0.15, 0.2) is 65.5 Å². The Labute approximate surface area is 182 Å². The van der Waals surface area contributed by atoms with Gasteiger partial charge in [0.25, 0.3) is 5.56 Å². The fourth-order valence-electron chi connectivity index (χ4n) is 4.11. The Hall–Kier alpha value is -3.29. The largest absolute Gasteiger partial charge is 0.455 e. The molecular weight excluding hydrogens is 412 g/mol. The quantitative estimate of drug-likeness (QED) is 0.471. The van der Waals surface area contributed by atoms with Crippen molar-refractivity contribution in [1.29, 1.82) is 0 Å². The summed E-state index contributed by atoms with van der Waals surface area (Å²) in [5, 5.41) is 12.1. The summed E-state index contributed by atoms with van der Waals surface area (Å²) in [6, 6.07) is 17.3. The molecule has 0 atom stereocenters. The number of hydrogen-bond acceptors (Lipinski definition) is 6. The van der Waals surface area contributed by atoms with Crippen LogP contribution in [-0.4, -0.2) is 21.0 Å². The first kappa shape index (κ1) is 19.7. The van der Waals surface area contributed by atoms with Gasteiger partial charge >= 0.3 is 5.97 Å². The first-order valence-corrected chi connectivity index (χ1v) is 10.9. The highest BCUT2D eigenvalue weighted by Crippen LogP contribution is 2.35. The van der Waals surface area contributed by atoms with E-state index in [0.717, 1.165) is 24.8 Å². The minimum Gasteiger partial charge on any atom is -0.455 e. The van der Waals surface area contributed by atoms with Crippen molar-refractivity contribution in [3.05, 3.63) is 98.4 Å². The van der Waals surface area contributed by atoms with Crippen molar-refractivity contribution in [2.75, 3.05) is 0 Å². The maximum absolute atomic E-state index is 13.1. The van der Waals surface area contributed by atoms with Gasteiger partial charge in [-0.3, -0.25) is 4.79 Å². The van der Waals surface area contributed by atoms with Crippen LogP contribution >= 0.6 is 11.3 Å². The third-order valence-corrected chi connectivity index (χ3v) is 6.83. The second-order valence-electron chi connectivity index (χ2n) is 7.57.